The van der Waals surface area contributed by atoms with Crippen LogP contribution < -0.4 is 9.47 Å². The third-order valence-electron chi connectivity index (χ3n) is 4.82. The first-order valence-electron chi connectivity index (χ1n) is 8.80. The Morgan fingerprint density at radius 3 is 1.41 bits per heavy atom. The zero-order valence-corrected chi connectivity index (χ0v) is 15.7. The summed E-state index contributed by atoms with van der Waals surface area (Å²) < 4.78 is 15.9. The summed E-state index contributed by atoms with van der Waals surface area (Å²) in [7, 11) is 5.05. The van der Waals surface area contributed by atoms with Crippen LogP contribution in [0.25, 0.3) is 11.1 Å². The van der Waals surface area contributed by atoms with E-state index >= 15 is 0 Å². The molecule has 0 amide bonds. The molecule has 0 unspecified atom stereocenters. The molecule has 0 heterocycles. The van der Waals surface area contributed by atoms with Crippen molar-refractivity contribution in [3.05, 3.63) is 95.1 Å². The lowest BCUT2D eigenvalue weighted by molar-refractivity contribution is -0.417. The number of hydrogen-bond acceptors (Lipinski definition) is 2. The van der Waals surface area contributed by atoms with Gasteiger partial charge in [-0.15, -0.1) is 0 Å². The van der Waals surface area contributed by atoms with Crippen molar-refractivity contribution in [2.24, 2.45) is 0 Å². The number of carbonyl (C=O) groups excluding carboxylic acids is 1. The number of rotatable bonds is 4. The van der Waals surface area contributed by atoms with E-state index in [0.29, 0.717) is 0 Å². The summed E-state index contributed by atoms with van der Waals surface area (Å²) in [5.74, 6) is 2.57. The van der Waals surface area contributed by atoms with Crippen LogP contribution in [0.3, 0.4) is 0 Å². The second kappa shape index (κ2) is 7.12. The van der Waals surface area contributed by atoms with Gasteiger partial charge in [0.05, 0.1) is 14.2 Å². The molecule has 0 saturated carbocycles. The van der Waals surface area contributed by atoms with Gasteiger partial charge >= 0.3 is 5.78 Å². The summed E-state index contributed by atoms with van der Waals surface area (Å²) >= 11 is 0. The van der Waals surface area contributed by atoms with Crippen molar-refractivity contribution in [1.82, 2.24) is 0 Å². The van der Waals surface area contributed by atoms with Gasteiger partial charge in [0.1, 0.15) is 11.5 Å². The smallest absolute Gasteiger partial charge is 0.343 e. The fourth-order valence-electron chi connectivity index (χ4n) is 3.33. The Bertz CT molecular complexity index is 937. The molecule has 0 aliphatic heterocycles. The lowest BCUT2D eigenvalue weighted by Crippen LogP contribution is -1.96. The SMILES string of the molecule is COc1ccc(C2=C(c3ccc(OC)cc3)C2=C2C=CC(=[O+]C)C=C2)cc1. The molecule has 0 aromatic heterocycles. The fourth-order valence-corrected chi connectivity index (χ4v) is 3.33. The molecule has 0 radical (unpaired) electrons. The Kier molecular flexibility index (Phi) is 4.51. The second-order valence-corrected chi connectivity index (χ2v) is 6.31. The topological polar surface area (TPSA) is 29.8 Å². The molecule has 0 saturated heterocycles. The van der Waals surface area contributed by atoms with Gasteiger partial charge in [-0.2, -0.15) is 0 Å². The molecule has 0 fully saturated rings. The average Bonchev–Trinajstić information content (AvgIpc) is 3.49. The van der Waals surface area contributed by atoms with Gasteiger partial charge in [0.15, 0.2) is 0 Å². The lowest BCUT2D eigenvalue weighted by Gasteiger charge is -2.02. The minimum atomic E-state index is 0.858. The number of allylic oxidation sites excluding steroid dienone is 8. The first kappa shape index (κ1) is 17.1. The largest absolute Gasteiger partial charge is 0.497 e. The molecule has 0 N–H and O–H groups in total. The van der Waals surface area contributed by atoms with E-state index in [1.165, 1.54) is 33.4 Å². The van der Waals surface area contributed by atoms with Crippen molar-refractivity contribution in [2.45, 2.75) is 0 Å². The number of benzene rings is 2. The number of hydrogen-bond donors (Lipinski definition) is 0. The van der Waals surface area contributed by atoms with Crippen molar-refractivity contribution in [2.75, 3.05) is 21.3 Å². The van der Waals surface area contributed by atoms with E-state index in [-0.39, 0.29) is 0 Å². The predicted octanol–water partition coefficient (Wildman–Crippen LogP) is 4.79. The molecule has 0 atom stereocenters. The van der Waals surface area contributed by atoms with Crippen LogP contribution >= 0.6 is 0 Å². The first-order valence-corrected chi connectivity index (χ1v) is 8.80. The Morgan fingerprint density at radius 2 is 1.04 bits per heavy atom. The van der Waals surface area contributed by atoms with Gasteiger partial charge < -0.3 is 9.47 Å². The number of ketones is 1. The van der Waals surface area contributed by atoms with E-state index in [0.717, 1.165) is 17.3 Å². The summed E-state index contributed by atoms with van der Waals surface area (Å²) in [6.45, 7) is 0. The van der Waals surface area contributed by atoms with Crippen molar-refractivity contribution >= 4 is 16.9 Å². The molecule has 27 heavy (non-hydrogen) atoms. The van der Waals surface area contributed by atoms with Crippen molar-refractivity contribution in [1.29, 1.82) is 0 Å². The Hall–Kier alpha value is -3.33. The van der Waals surface area contributed by atoms with Crippen LogP contribution in [0.5, 0.6) is 11.5 Å². The standard InChI is InChI=1S/C24H21O3/c1-25-19-10-4-16(5-11-19)22-23(17-6-12-20(26-2)13-7-17)24(22)18-8-14-21(27-3)15-9-18/h4-15H,1-3H3/q+1. The van der Waals surface area contributed by atoms with Crippen LogP contribution in [0, 0.1) is 0 Å². The van der Waals surface area contributed by atoms with Gasteiger partial charge in [-0.3, -0.25) is 4.42 Å². The van der Waals surface area contributed by atoms with Crippen molar-refractivity contribution in [3.63, 3.8) is 0 Å². The van der Waals surface area contributed by atoms with Crippen LogP contribution in [0.2, 0.25) is 0 Å². The van der Waals surface area contributed by atoms with E-state index in [2.05, 4.69) is 36.4 Å². The van der Waals surface area contributed by atoms with Gasteiger partial charge in [-0.1, -0.05) is 24.3 Å². The molecule has 134 valence electrons. The molecular weight excluding hydrogens is 336 g/mol. The Morgan fingerprint density at radius 1 is 0.593 bits per heavy atom. The molecule has 3 heteroatoms. The molecule has 3 nitrogen and oxygen atoms in total. The average molecular weight is 357 g/mol. The van der Waals surface area contributed by atoms with Crippen LogP contribution in [-0.4, -0.2) is 27.1 Å². The van der Waals surface area contributed by atoms with Gasteiger partial charge in [-0.05, 0) is 69.8 Å². The Labute approximate surface area is 159 Å². The zero-order valence-electron chi connectivity index (χ0n) is 15.7. The maximum atomic E-state index is 5.29. The number of methoxy groups -OCH3 is 2. The lowest BCUT2D eigenvalue weighted by atomic mass is 10.0. The van der Waals surface area contributed by atoms with Crippen LogP contribution in [-0.2, 0) is 4.42 Å². The van der Waals surface area contributed by atoms with Gasteiger partial charge in [0, 0.05) is 12.2 Å². The molecule has 2 aliphatic rings. The third-order valence-corrected chi connectivity index (χ3v) is 4.82. The highest BCUT2D eigenvalue weighted by Gasteiger charge is 2.34. The molecule has 2 aliphatic carbocycles. The van der Waals surface area contributed by atoms with Crippen LogP contribution in [0.15, 0.2) is 84.0 Å². The molecular formula is C24H21O3+. The second-order valence-electron chi connectivity index (χ2n) is 6.31. The van der Waals surface area contributed by atoms with Crippen LogP contribution in [0.4, 0.5) is 0 Å². The molecule has 2 aromatic carbocycles. The van der Waals surface area contributed by atoms with E-state index < -0.39 is 0 Å². The normalized spacial score (nSPS) is 15.3. The minimum absolute atomic E-state index is 0.858. The van der Waals surface area contributed by atoms with Crippen molar-refractivity contribution in [3.8, 4) is 11.5 Å². The zero-order chi connectivity index (χ0) is 18.8. The highest BCUT2D eigenvalue weighted by atomic mass is 16.5. The van der Waals surface area contributed by atoms with E-state index in [1.54, 1.807) is 21.3 Å². The quantitative estimate of drug-likeness (QED) is 0.737. The summed E-state index contributed by atoms with van der Waals surface area (Å²) in [5.41, 5.74) is 7.38. The van der Waals surface area contributed by atoms with Crippen molar-refractivity contribution < 1.29 is 13.9 Å². The predicted molar refractivity (Wildman–Crippen MR) is 109 cm³/mol. The van der Waals surface area contributed by atoms with E-state index in [9.17, 15) is 0 Å². The summed E-state index contributed by atoms with van der Waals surface area (Å²) in [4.78, 5) is 0. The molecule has 0 bridgehead atoms. The maximum Gasteiger partial charge on any atom is 0.343 e. The van der Waals surface area contributed by atoms with Gasteiger partial charge in [0.2, 0.25) is 0 Å². The van der Waals surface area contributed by atoms with E-state index in [1.807, 2.05) is 36.4 Å². The van der Waals surface area contributed by atoms with Crippen LogP contribution in [0.1, 0.15) is 11.1 Å². The van der Waals surface area contributed by atoms with Gasteiger partial charge in [0.25, 0.3) is 7.11 Å². The fraction of sp³-hybridized carbons (Fsp3) is 0.125. The monoisotopic (exact) mass is 357 g/mol. The van der Waals surface area contributed by atoms with Gasteiger partial charge in [-0.25, -0.2) is 0 Å². The summed E-state index contributed by atoms with van der Waals surface area (Å²) in [5, 5.41) is 0. The number of ether oxygens (including phenoxy) is 2. The first-order chi connectivity index (χ1) is 13.2. The highest BCUT2D eigenvalue weighted by molar-refractivity contribution is 6.27. The highest BCUT2D eigenvalue weighted by Crippen LogP contribution is 2.55. The maximum absolute atomic E-state index is 5.29. The molecule has 4 rings (SSSR count). The molecule has 2 aromatic rings. The van der Waals surface area contributed by atoms with E-state index in [4.69, 9.17) is 13.9 Å². The minimum Gasteiger partial charge on any atom is -0.497 e. The Balaban J connectivity index is 1.78. The third kappa shape index (κ3) is 3.24. The molecule has 0 spiro atoms. The summed E-state index contributed by atoms with van der Waals surface area (Å²) in [6, 6.07) is 16.4. The summed E-state index contributed by atoms with van der Waals surface area (Å²) in [6.07, 6.45) is 8.21.